The Balaban J connectivity index is 1.66. The molecule has 116 valence electrons. The van der Waals surface area contributed by atoms with E-state index in [4.69, 9.17) is 0 Å². The van der Waals surface area contributed by atoms with Crippen molar-refractivity contribution < 1.29 is 15.0 Å². The number of aliphatic hydroxyl groups excluding tert-OH is 2. The first kappa shape index (κ1) is 14.0. The van der Waals surface area contributed by atoms with Crippen molar-refractivity contribution in [3.8, 4) is 0 Å². The van der Waals surface area contributed by atoms with Gasteiger partial charge in [0.15, 0.2) is 5.78 Å². The Morgan fingerprint density at radius 3 is 2.76 bits per heavy atom. The molecule has 0 unspecified atom stereocenters. The van der Waals surface area contributed by atoms with Gasteiger partial charge in [0.2, 0.25) is 0 Å². The first-order chi connectivity index (χ1) is 10.0. The molecule has 3 nitrogen and oxygen atoms in total. The molecule has 4 rings (SSSR count). The summed E-state index contributed by atoms with van der Waals surface area (Å²) in [4.78, 5) is 11.7. The normalized spacial score (nSPS) is 52.7. The molecule has 4 aliphatic rings. The van der Waals surface area contributed by atoms with Crippen molar-refractivity contribution in [2.75, 3.05) is 0 Å². The van der Waals surface area contributed by atoms with Crippen LogP contribution >= 0.6 is 0 Å². The fourth-order valence-corrected chi connectivity index (χ4v) is 6.23. The van der Waals surface area contributed by atoms with Gasteiger partial charge < -0.3 is 10.2 Å². The van der Waals surface area contributed by atoms with Crippen LogP contribution in [0.1, 0.15) is 51.9 Å². The maximum absolute atomic E-state index is 11.7. The van der Waals surface area contributed by atoms with Crippen LogP contribution in [0.2, 0.25) is 0 Å². The molecule has 7 atom stereocenters. The number of rotatable bonds is 0. The molecule has 0 aliphatic heterocycles. The van der Waals surface area contributed by atoms with Crippen LogP contribution in [0.4, 0.5) is 0 Å². The van der Waals surface area contributed by atoms with Crippen molar-refractivity contribution in [3.05, 3.63) is 11.6 Å². The molecule has 0 amide bonds. The van der Waals surface area contributed by atoms with Crippen LogP contribution in [-0.2, 0) is 4.79 Å². The molecule has 0 heterocycles. The highest BCUT2D eigenvalue weighted by molar-refractivity contribution is 5.92. The summed E-state index contributed by atoms with van der Waals surface area (Å²) in [7, 11) is 0. The zero-order valence-corrected chi connectivity index (χ0v) is 12.8. The lowest BCUT2D eigenvalue weighted by Gasteiger charge is -2.54. The Bertz CT molecular complexity index is 497. The second-order valence-electron chi connectivity index (χ2n) is 8.09. The highest BCUT2D eigenvalue weighted by atomic mass is 16.3. The average molecular weight is 290 g/mol. The SMILES string of the molecule is C[C@]12CC[C@H]3[C@@H](CCC4=CC(=O)C[C@@H](O)[C@@H]43)[C@@H]1CC[C@@H]2O. The summed E-state index contributed by atoms with van der Waals surface area (Å²) in [5.74, 6) is 2.08. The molecule has 3 heteroatoms. The quantitative estimate of drug-likeness (QED) is 0.720. The van der Waals surface area contributed by atoms with E-state index in [2.05, 4.69) is 6.92 Å². The van der Waals surface area contributed by atoms with E-state index in [1.807, 2.05) is 6.08 Å². The van der Waals surface area contributed by atoms with Gasteiger partial charge in [-0.15, -0.1) is 0 Å². The fourth-order valence-electron chi connectivity index (χ4n) is 6.23. The van der Waals surface area contributed by atoms with E-state index in [9.17, 15) is 15.0 Å². The molecular weight excluding hydrogens is 264 g/mol. The Morgan fingerprint density at radius 2 is 1.95 bits per heavy atom. The summed E-state index contributed by atoms with van der Waals surface area (Å²) in [5.41, 5.74) is 1.31. The number of carbonyl (C=O) groups excluding carboxylic acids is 1. The second kappa shape index (κ2) is 4.66. The Hall–Kier alpha value is -0.670. The first-order valence-corrected chi connectivity index (χ1v) is 8.60. The minimum absolute atomic E-state index is 0.0951. The molecule has 0 spiro atoms. The summed E-state index contributed by atoms with van der Waals surface area (Å²) in [6.07, 6.45) is 7.88. The Kier molecular flexibility index (Phi) is 3.10. The van der Waals surface area contributed by atoms with Crippen molar-refractivity contribution in [2.45, 2.75) is 64.1 Å². The second-order valence-corrected chi connectivity index (χ2v) is 8.09. The third kappa shape index (κ3) is 1.90. The topological polar surface area (TPSA) is 57.5 Å². The summed E-state index contributed by atoms with van der Waals surface area (Å²) >= 11 is 0. The van der Waals surface area contributed by atoms with Crippen molar-refractivity contribution in [2.24, 2.45) is 29.1 Å². The third-order valence-corrected chi connectivity index (χ3v) is 7.27. The van der Waals surface area contributed by atoms with Gasteiger partial charge in [-0.05, 0) is 67.8 Å². The summed E-state index contributed by atoms with van der Waals surface area (Å²) < 4.78 is 0. The van der Waals surface area contributed by atoms with Crippen LogP contribution in [0.15, 0.2) is 11.6 Å². The number of ketones is 1. The van der Waals surface area contributed by atoms with E-state index in [0.29, 0.717) is 24.2 Å². The zero-order valence-electron chi connectivity index (χ0n) is 12.8. The van der Waals surface area contributed by atoms with Crippen LogP contribution in [0.3, 0.4) is 0 Å². The van der Waals surface area contributed by atoms with Crippen LogP contribution in [0, 0.1) is 29.1 Å². The van der Waals surface area contributed by atoms with Crippen LogP contribution in [0.5, 0.6) is 0 Å². The van der Waals surface area contributed by atoms with E-state index in [0.717, 1.165) is 38.5 Å². The van der Waals surface area contributed by atoms with Crippen molar-refractivity contribution >= 4 is 5.78 Å². The zero-order chi connectivity index (χ0) is 14.8. The molecule has 0 bridgehead atoms. The number of hydrogen-bond donors (Lipinski definition) is 2. The molecule has 0 aromatic rings. The van der Waals surface area contributed by atoms with Gasteiger partial charge in [-0.25, -0.2) is 0 Å². The third-order valence-electron chi connectivity index (χ3n) is 7.27. The van der Waals surface area contributed by atoms with Crippen molar-refractivity contribution in [1.29, 1.82) is 0 Å². The molecular formula is C18H26O3. The smallest absolute Gasteiger partial charge is 0.158 e. The Labute approximate surface area is 126 Å². The largest absolute Gasteiger partial charge is 0.393 e. The minimum atomic E-state index is -0.471. The maximum Gasteiger partial charge on any atom is 0.158 e. The van der Waals surface area contributed by atoms with Gasteiger partial charge in [0.05, 0.1) is 12.2 Å². The maximum atomic E-state index is 11.7. The molecule has 3 fully saturated rings. The first-order valence-electron chi connectivity index (χ1n) is 8.60. The van der Waals surface area contributed by atoms with Crippen molar-refractivity contribution in [3.63, 3.8) is 0 Å². The van der Waals surface area contributed by atoms with E-state index < -0.39 is 6.10 Å². The van der Waals surface area contributed by atoms with Crippen LogP contribution in [-0.4, -0.2) is 28.2 Å². The number of fused-ring (bicyclic) bond motifs is 5. The average Bonchev–Trinajstić information content (AvgIpc) is 2.74. The lowest BCUT2D eigenvalue weighted by Crippen LogP contribution is -2.50. The standard InChI is InChI=1S/C18H26O3/c1-18-7-6-13-12(14(18)4-5-16(18)21)3-2-10-8-11(19)9-15(20)17(10)13/h8,12-17,20-21H,2-7,9H2,1H3/t12-,13+,14+,15-,16+,17+,18+/m1/s1. The molecule has 2 N–H and O–H groups in total. The Morgan fingerprint density at radius 1 is 1.14 bits per heavy atom. The molecule has 4 aliphatic carbocycles. The number of carbonyl (C=O) groups is 1. The summed E-state index contributed by atoms with van der Waals surface area (Å²) in [6.45, 7) is 2.28. The van der Waals surface area contributed by atoms with Gasteiger partial charge in [0, 0.05) is 12.3 Å². The summed E-state index contributed by atoms with van der Waals surface area (Å²) in [5, 5.41) is 20.8. The van der Waals surface area contributed by atoms with Gasteiger partial charge in [0.25, 0.3) is 0 Å². The number of hydrogen-bond acceptors (Lipinski definition) is 3. The van der Waals surface area contributed by atoms with Gasteiger partial charge in [-0.2, -0.15) is 0 Å². The molecule has 21 heavy (non-hydrogen) atoms. The van der Waals surface area contributed by atoms with Crippen LogP contribution < -0.4 is 0 Å². The predicted octanol–water partition coefficient (Wildman–Crippen LogP) is 2.46. The highest BCUT2D eigenvalue weighted by Crippen LogP contribution is 2.61. The van der Waals surface area contributed by atoms with Crippen LogP contribution in [0.25, 0.3) is 0 Å². The van der Waals surface area contributed by atoms with E-state index in [1.165, 1.54) is 5.57 Å². The number of aliphatic hydroxyl groups is 2. The van der Waals surface area contributed by atoms with E-state index in [1.54, 1.807) is 0 Å². The lowest BCUT2D eigenvalue weighted by molar-refractivity contribution is -0.120. The molecule has 0 aromatic carbocycles. The highest BCUT2D eigenvalue weighted by Gasteiger charge is 2.56. The minimum Gasteiger partial charge on any atom is -0.393 e. The molecule has 0 saturated heterocycles. The molecule has 0 radical (unpaired) electrons. The van der Waals surface area contributed by atoms with Crippen molar-refractivity contribution in [1.82, 2.24) is 0 Å². The van der Waals surface area contributed by atoms with Gasteiger partial charge >= 0.3 is 0 Å². The van der Waals surface area contributed by atoms with E-state index >= 15 is 0 Å². The van der Waals surface area contributed by atoms with Gasteiger partial charge in [0.1, 0.15) is 0 Å². The summed E-state index contributed by atoms with van der Waals surface area (Å²) in [6, 6.07) is 0. The molecule has 3 saturated carbocycles. The fraction of sp³-hybridized carbons (Fsp3) is 0.833. The molecule has 0 aromatic heterocycles. The predicted molar refractivity (Wildman–Crippen MR) is 79.5 cm³/mol. The monoisotopic (exact) mass is 290 g/mol. The van der Waals surface area contributed by atoms with Gasteiger partial charge in [-0.3, -0.25) is 4.79 Å². The van der Waals surface area contributed by atoms with Gasteiger partial charge in [-0.1, -0.05) is 12.5 Å². The van der Waals surface area contributed by atoms with E-state index in [-0.39, 0.29) is 23.2 Å². The lowest BCUT2D eigenvalue weighted by atomic mass is 9.52.